The molecule has 0 spiro atoms. The summed E-state index contributed by atoms with van der Waals surface area (Å²) < 4.78 is 14.3. The van der Waals surface area contributed by atoms with Crippen molar-refractivity contribution < 1.29 is 14.3 Å². The van der Waals surface area contributed by atoms with E-state index in [0.29, 0.717) is 31.3 Å². The third-order valence-corrected chi connectivity index (χ3v) is 6.34. The second kappa shape index (κ2) is 10.3. The topological polar surface area (TPSA) is 107 Å². The van der Waals surface area contributed by atoms with E-state index in [1.807, 2.05) is 57.2 Å². The molecule has 0 unspecified atom stereocenters. The third-order valence-electron chi connectivity index (χ3n) is 5.72. The van der Waals surface area contributed by atoms with E-state index in [-0.39, 0.29) is 12.2 Å². The van der Waals surface area contributed by atoms with Crippen LogP contribution in [0.15, 0.2) is 59.7 Å². The number of ether oxygens (including phenoxy) is 2. The van der Waals surface area contributed by atoms with Crippen LogP contribution in [-0.4, -0.2) is 60.5 Å². The van der Waals surface area contributed by atoms with Gasteiger partial charge in [0.25, 0.3) is 0 Å². The largest absolute Gasteiger partial charge is 0.487 e. The summed E-state index contributed by atoms with van der Waals surface area (Å²) in [5.41, 5.74) is 2.17. The van der Waals surface area contributed by atoms with E-state index < -0.39 is 5.60 Å². The molecule has 0 bridgehead atoms. The predicted molar refractivity (Wildman–Crippen MR) is 143 cm³/mol. The van der Waals surface area contributed by atoms with Crippen LogP contribution in [0.5, 0.6) is 5.75 Å². The lowest BCUT2D eigenvalue weighted by atomic mass is 10.2. The summed E-state index contributed by atoms with van der Waals surface area (Å²) in [4.78, 5) is 27.2. The average Bonchev–Trinajstić information content (AvgIpc) is 3.51. The number of halogens is 1. The number of anilines is 2. The highest BCUT2D eigenvalue weighted by molar-refractivity contribution is 9.10. The SMILES string of the molecule is CC(C)(C)OC(=O)N1CC[C@@H](Oc2cc3nc(Nc4cccc(Cn5cncn5)c4)ncc3cc2Br)C1. The minimum absolute atomic E-state index is 0.131. The van der Waals surface area contributed by atoms with Gasteiger partial charge in [-0.2, -0.15) is 5.10 Å². The van der Waals surface area contributed by atoms with Gasteiger partial charge in [-0.3, -0.25) is 0 Å². The van der Waals surface area contributed by atoms with Gasteiger partial charge in [0, 0.05) is 36.3 Å². The van der Waals surface area contributed by atoms with Gasteiger partial charge in [-0.15, -0.1) is 0 Å². The summed E-state index contributed by atoms with van der Waals surface area (Å²) in [6.07, 6.45) is 5.26. The zero-order chi connectivity index (χ0) is 26.0. The molecule has 192 valence electrons. The fourth-order valence-corrected chi connectivity index (χ4v) is 4.51. The molecule has 2 aromatic carbocycles. The van der Waals surface area contributed by atoms with Crippen LogP contribution in [0, 0.1) is 0 Å². The van der Waals surface area contributed by atoms with Crippen LogP contribution in [0.1, 0.15) is 32.8 Å². The average molecular weight is 566 g/mol. The second-order valence-corrected chi connectivity index (χ2v) is 10.8. The van der Waals surface area contributed by atoms with E-state index in [1.54, 1.807) is 22.1 Å². The normalized spacial score (nSPS) is 15.7. The van der Waals surface area contributed by atoms with Crippen LogP contribution >= 0.6 is 15.9 Å². The van der Waals surface area contributed by atoms with Gasteiger partial charge in [-0.25, -0.2) is 24.4 Å². The van der Waals surface area contributed by atoms with Crippen molar-refractivity contribution in [2.45, 2.75) is 45.4 Å². The second-order valence-electron chi connectivity index (χ2n) is 9.91. The van der Waals surface area contributed by atoms with Gasteiger partial charge < -0.3 is 19.7 Å². The Morgan fingerprint density at radius 2 is 2.11 bits per heavy atom. The molecule has 4 aromatic rings. The van der Waals surface area contributed by atoms with Crippen LogP contribution in [0.4, 0.5) is 16.4 Å². The molecule has 1 N–H and O–H groups in total. The summed E-state index contributed by atoms with van der Waals surface area (Å²) in [5, 5.41) is 8.32. The van der Waals surface area contributed by atoms with Crippen molar-refractivity contribution in [3.63, 3.8) is 0 Å². The van der Waals surface area contributed by atoms with Crippen LogP contribution in [-0.2, 0) is 11.3 Å². The number of nitrogens with zero attached hydrogens (tertiary/aromatic N) is 6. The molecule has 1 aliphatic heterocycles. The number of hydrogen-bond donors (Lipinski definition) is 1. The molecule has 1 atom stereocenters. The fraction of sp³-hybridized carbons (Fsp3) is 0.346. The molecule has 3 heterocycles. The molecule has 1 aliphatic rings. The molecular formula is C26H28BrN7O3. The van der Waals surface area contributed by atoms with Crippen LogP contribution in [0.3, 0.4) is 0 Å². The number of likely N-dealkylation sites (tertiary alicyclic amines) is 1. The molecular weight excluding hydrogens is 538 g/mol. The summed E-state index contributed by atoms with van der Waals surface area (Å²) >= 11 is 3.60. The van der Waals surface area contributed by atoms with Crippen molar-refractivity contribution in [1.82, 2.24) is 29.6 Å². The van der Waals surface area contributed by atoms with Gasteiger partial charge in [-0.1, -0.05) is 12.1 Å². The maximum absolute atomic E-state index is 12.4. The molecule has 1 saturated heterocycles. The molecule has 1 amide bonds. The monoisotopic (exact) mass is 565 g/mol. The van der Waals surface area contributed by atoms with E-state index in [4.69, 9.17) is 14.5 Å². The first kappa shape index (κ1) is 24.9. The standard InChI is InChI=1S/C26H28BrN7O3/c1-26(2,3)37-25(35)33-8-7-20(14-33)36-23-11-22-18(10-21(23)27)12-29-24(32-22)31-19-6-4-5-17(9-19)13-34-16-28-15-30-34/h4-6,9-12,15-16,20H,7-8,13-14H2,1-3H3,(H,29,31,32)/t20-/m1/s1. The Morgan fingerprint density at radius 1 is 1.24 bits per heavy atom. The minimum Gasteiger partial charge on any atom is -0.487 e. The van der Waals surface area contributed by atoms with Gasteiger partial charge in [0.05, 0.1) is 23.1 Å². The zero-order valence-electron chi connectivity index (χ0n) is 20.9. The van der Waals surface area contributed by atoms with Gasteiger partial charge in [-0.05, 0) is 60.5 Å². The van der Waals surface area contributed by atoms with Crippen molar-refractivity contribution in [1.29, 1.82) is 0 Å². The Labute approximate surface area is 223 Å². The first-order valence-corrected chi connectivity index (χ1v) is 12.8. The molecule has 0 radical (unpaired) electrons. The summed E-state index contributed by atoms with van der Waals surface area (Å²) in [7, 11) is 0. The van der Waals surface area contributed by atoms with E-state index in [9.17, 15) is 4.79 Å². The number of benzene rings is 2. The van der Waals surface area contributed by atoms with Crippen molar-refractivity contribution in [2.24, 2.45) is 0 Å². The first-order valence-electron chi connectivity index (χ1n) is 12.0. The Balaban J connectivity index is 1.28. The van der Waals surface area contributed by atoms with Crippen LogP contribution in [0.25, 0.3) is 10.9 Å². The summed E-state index contributed by atoms with van der Waals surface area (Å²) in [5.74, 6) is 1.15. The molecule has 0 aliphatic carbocycles. The Hall–Kier alpha value is -3.73. The Bertz CT molecular complexity index is 1410. The summed E-state index contributed by atoms with van der Waals surface area (Å²) in [6.45, 7) is 7.28. The number of carbonyl (C=O) groups is 1. The van der Waals surface area contributed by atoms with Crippen LogP contribution in [0.2, 0.25) is 0 Å². The number of rotatable bonds is 6. The van der Waals surface area contributed by atoms with Crippen molar-refractivity contribution in [3.8, 4) is 5.75 Å². The van der Waals surface area contributed by atoms with Gasteiger partial charge in [0.15, 0.2) is 0 Å². The van der Waals surface area contributed by atoms with E-state index in [0.717, 1.165) is 33.0 Å². The molecule has 5 rings (SSSR count). The molecule has 0 saturated carbocycles. The number of carbonyl (C=O) groups excluding carboxylic acids is 1. The highest BCUT2D eigenvalue weighted by atomic mass is 79.9. The lowest BCUT2D eigenvalue weighted by molar-refractivity contribution is 0.0275. The van der Waals surface area contributed by atoms with Gasteiger partial charge in [0.1, 0.15) is 30.1 Å². The lowest BCUT2D eigenvalue weighted by Gasteiger charge is -2.24. The highest BCUT2D eigenvalue weighted by Crippen LogP contribution is 2.32. The molecule has 10 nitrogen and oxygen atoms in total. The lowest BCUT2D eigenvalue weighted by Crippen LogP contribution is -2.36. The fourth-order valence-electron chi connectivity index (χ4n) is 4.06. The first-order chi connectivity index (χ1) is 17.7. The number of aromatic nitrogens is 5. The van der Waals surface area contributed by atoms with Gasteiger partial charge in [0.2, 0.25) is 5.95 Å². The molecule has 37 heavy (non-hydrogen) atoms. The van der Waals surface area contributed by atoms with E-state index >= 15 is 0 Å². The van der Waals surface area contributed by atoms with Crippen molar-refractivity contribution in [2.75, 3.05) is 18.4 Å². The van der Waals surface area contributed by atoms with Crippen LogP contribution < -0.4 is 10.1 Å². The number of nitrogens with one attached hydrogen (secondary N) is 1. The van der Waals surface area contributed by atoms with Crippen molar-refractivity contribution >= 4 is 44.6 Å². The predicted octanol–water partition coefficient (Wildman–Crippen LogP) is 5.16. The smallest absolute Gasteiger partial charge is 0.410 e. The molecule has 1 fully saturated rings. The molecule has 2 aromatic heterocycles. The Kier molecular flexibility index (Phi) is 6.96. The quantitative estimate of drug-likeness (QED) is 0.341. The zero-order valence-corrected chi connectivity index (χ0v) is 22.5. The van der Waals surface area contributed by atoms with Gasteiger partial charge >= 0.3 is 6.09 Å². The maximum atomic E-state index is 12.4. The van der Waals surface area contributed by atoms with E-state index in [2.05, 4.69) is 36.3 Å². The maximum Gasteiger partial charge on any atom is 0.410 e. The van der Waals surface area contributed by atoms with E-state index in [1.165, 1.54) is 6.33 Å². The number of fused-ring (bicyclic) bond motifs is 1. The Morgan fingerprint density at radius 3 is 2.89 bits per heavy atom. The molecule has 11 heteroatoms. The van der Waals surface area contributed by atoms with Crippen molar-refractivity contribution in [3.05, 3.63) is 65.3 Å². The number of amides is 1. The minimum atomic E-state index is -0.526. The third kappa shape index (κ3) is 6.34. The summed E-state index contributed by atoms with van der Waals surface area (Å²) in [6, 6.07) is 11.8. The highest BCUT2D eigenvalue weighted by Gasteiger charge is 2.31. The number of hydrogen-bond acceptors (Lipinski definition) is 8.